The molecule has 3 aromatic rings. The van der Waals surface area contributed by atoms with E-state index in [9.17, 15) is 8.78 Å². The van der Waals surface area contributed by atoms with Crippen LogP contribution in [0.5, 0.6) is 0 Å². The largest absolute Gasteiger partial charge is 0.348 e. The lowest BCUT2D eigenvalue weighted by Gasteiger charge is -2.25. The van der Waals surface area contributed by atoms with Gasteiger partial charge in [0.1, 0.15) is 17.5 Å². The maximum absolute atomic E-state index is 13.1. The zero-order valence-corrected chi connectivity index (χ0v) is 13.4. The van der Waals surface area contributed by atoms with Crippen LogP contribution in [-0.2, 0) is 13.1 Å². The first-order valence-corrected chi connectivity index (χ1v) is 7.77. The van der Waals surface area contributed by atoms with Crippen molar-refractivity contribution in [1.29, 1.82) is 0 Å². The van der Waals surface area contributed by atoms with Gasteiger partial charge in [0.15, 0.2) is 0 Å². The van der Waals surface area contributed by atoms with Gasteiger partial charge in [0.25, 0.3) is 0 Å². The fourth-order valence-electron chi connectivity index (χ4n) is 2.63. The minimum absolute atomic E-state index is 0.252. The molecule has 0 aliphatic carbocycles. The van der Waals surface area contributed by atoms with Crippen LogP contribution in [0.25, 0.3) is 0 Å². The van der Waals surface area contributed by atoms with Gasteiger partial charge in [-0.05, 0) is 53.9 Å². The summed E-state index contributed by atoms with van der Waals surface area (Å²) in [6.07, 6.45) is 1.75. The number of rotatable bonds is 5. The molecule has 0 saturated heterocycles. The number of aryl methyl sites for hydroxylation is 1. The molecule has 0 aliphatic rings. The van der Waals surface area contributed by atoms with Crippen molar-refractivity contribution in [1.82, 2.24) is 4.98 Å². The van der Waals surface area contributed by atoms with Crippen LogP contribution in [0, 0.1) is 18.6 Å². The minimum atomic E-state index is -0.252. The third-order valence-corrected chi connectivity index (χ3v) is 3.85. The lowest BCUT2D eigenvalue weighted by atomic mass is 10.1. The van der Waals surface area contributed by atoms with Gasteiger partial charge in [-0.15, -0.1) is 0 Å². The number of benzene rings is 2. The SMILES string of the molecule is Cc1cccnc1N(Cc1ccc(F)cc1)Cc1ccc(F)cc1. The van der Waals surface area contributed by atoms with Crippen LogP contribution in [-0.4, -0.2) is 4.98 Å². The van der Waals surface area contributed by atoms with Crippen LogP contribution in [0.2, 0.25) is 0 Å². The minimum Gasteiger partial charge on any atom is -0.348 e. The lowest BCUT2D eigenvalue weighted by molar-refractivity contribution is 0.626. The van der Waals surface area contributed by atoms with Gasteiger partial charge >= 0.3 is 0 Å². The topological polar surface area (TPSA) is 16.1 Å². The van der Waals surface area contributed by atoms with Crippen LogP contribution in [0.1, 0.15) is 16.7 Å². The van der Waals surface area contributed by atoms with Gasteiger partial charge < -0.3 is 4.90 Å². The molecule has 0 fully saturated rings. The van der Waals surface area contributed by atoms with Gasteiger partial charge in [-0.3, -0.25) is 0 Å². The molecule has 2 nitrogen and oxygen atoms in total. The van der Waals surface area contributed by atoms with Crippen LogP contribution in [0.3, 0.4) is 0 Å². The van der Waals surface area contributed by atoms with Gasteiger partial charge in [0.05, 0.1) is 0 Å². The molecule has 0 N–H and O–H groups in total. The molecule has 2 aromatic carbocycles. The molecule has 1 heterocycles. The van der Waals surface area contributed by atoms with Crippen LogP contribution in [0.15, 0.2) is 66.9 Å². The molecule has 1 aromatic heterocycles. The standard InChI is InChI=1S/C20H18F2N2/c1-15-3-2-12-23-20(15)24(13-16-4-8-18(21)9-5-16)14-17-6-10-19(22)11-7-17/h2-12H,13-14H2,1H3. The highest BCUT2D eigenvalue weighted by Gasteiger charge is 2.12. The van der Waals surface area contributed by atoms with E-state index >= 15 is 0 Å². The molecule has 3 rings (SSSR count). The maximum Gasteiger partial charge on any atom is 0.132 e. The Hall–Kier alpha value is -2.75. The van der Waals surface area contributed by atoms with E-state index in [4.69, 9.17) is 0 Å². The van der Waals surface area contributed by atoms with E-state index in [2.05, 4.69) is 9.88 Å². The Bertz CT molecular complexity index is 751. The van der Waals surface area contributed by atoms with Crippen molar-refractivity contribution < 1.29 is 8.78 Å². The fraction of sp³-hybridized carbons (Fsp3) is 0.150. The highest BCUT2D eigenvalue weighted by Crippen LogP contribution is 2.21. The molecule has 0 aliphatic heterocycles. The molecule has 24 heavy (non-hydrogen) atoms. The normalized spacial score (nSPS) is 10.6. The van der Waals surface area contributed by atoms with E-state index in [1.54, 1.807) is 30.5 Å². The second-order valence-electron chi connectivity index (χ2n) is 5.75. The van der Waals surface area contributed by atoms with Gasteiger partial charge in [0, 0.05) is 19.3 Å². The number of hydrogen-bond donors (Lipinski definition) is 0. The number of aromatic nitrogens is 1. The first kappa shape index (κ1) is 16.1. The van der Waals surface area contributed by atoms with E-state index in [1.165, 1.54) is 24.3 Å². The molecule has 0 radical (unpaired) electrons. The highest BCUT2D eigenvalue weighted by molar-refractivity contribution is 5.47. The number of anilines is 1. The Morgan fingerprint density at radius 2 is 1.29 bits per heavy atom. The maximum atomic E-state index is 13.1. The van der Waals surface area contributed by atoms with Crippen LogP contribution < -0.4 is 4.90 Å². The summed E-state index contributed by atoms with van der Waals surface area (Å²) in [5.74, 6) is 0.363. The molecule has 0 atom stereocenters. The van der Waals surface area contributed by atoms with Gasteiger partial charge in [0.2, 0.25) is 0 Å². The molecule has 122 valence electrons. The fourth-order valence-corrected chi connectivity index (χ4v) is 2.63. The second kappa shape index (κ2) is 7.21. The zero-order chi connectivity index (χ0) is 16.9. The smallest absolute Gasteiger partial charge is 0.132 e. The Balaban J connectivity index is 1.89. The van der Waals surface area contributed by atoms with Crippen molar-refractivity contribution >= 4 is 5.82 Å². The number of pyridine rings is 1. The number of hydrogen-bond acceptors (Lipinski definition) is 2. The number of halogens is 2. The summed E-state index contributed by atoms with van der Waals surface area (Å²) in [6.45, 7) is 3.19. The summed E-state index contributed by atoms with van der Waals surface area (Å²) < 4.78 is 26.3. The molecule has 0 unspecified atom stereocenters. The molecule has 0 bridgehead atoms. The van der Waals surface area contributed by atoms with Crippen molar-refractivity contribution in [2.24, 2.45) is 0 Å². The van der Waals surface area contributed by atoms with Crippen molar-refractivity contribution in [3.05, 3.63) is 95.2 Å². The third kappa shape index (κ3) is 3.96. The summed E-state index contributed by atoms with van der Waals surface area (Å²) in [7, 11) is 0. The first-order chi connectivity index (χ1) is 11.6. The van der Waals surface area contributed by atoms with Gasteiger partial charge in [-0.1, -0.05) is 30.3 Å². The van der Waals surface area contributed by atoms with E-state index in [0.717, 1.165) is 22.5 Å². The predicted octanol–water partition coefficient (Wildman–Crippen LogP) is 4.88. The number of nitrogens with zero attached hydrogens (tertiary/aromatic N) is 2. The summed E-state index contributed by atoms with van der Waals surface area (Å²) in [5.41, 5.74) is 3.04. The Kier molecular flexibility index (Phi) is 4.85. The van der Waals surface area contributed by atoms with Crippen molar-refractivity contribution in [3.63, 3.8) is 0 Å². The second-order valence-corrected chi connectivity index (χ2v) is 5.75. The summed E-state index contributed by atoms with van der Waals surface area (Å²) in [6, 6.07) is 16.8. The third-order valence-electron chi connectivity index (χ3n) is 3.85. The predicted molar refractivity (Wildman–Crippen MR) is 91.7 cm³/mol. The van der Waals surface area contributed by atoms with Crippen molar-refractivity contribution in [2.45, 2.75) is 20.0 Å². The molecule has 0 spiro atoms. The highest BCUT2D eigenvalue weighted by atomic mass is 19.1. The summed E-state index contributed by atoms with van der Waals surface area (Å²) >= 11 is 0. The Morgan fingerprint density at radius 3 is 1.75 bits per heavy atom. The van der Waals surface area contributed by atoms with Crippen LogP contribution in [0.4, 0.5) is 14.6 Å². The molecule has 0 saturated carbocycles. The summed E-state index contributed by atoms with van der Waals surface area (Å²) in [4.78, 5) is 6.59. The van der Waals surface area contributed by atoms with Crippen molar-refractivity contribution in [3.8, 4) is 0 Å². The first-order valence-electron chi connectivity index (χ1n) is 7.77. The zero-order valence-electron chi connectivity index (χ0n) is 13.4. The quantitative estimate of drug-likeness (QED) is 0.665. The van der Waals surface area contributed by atoms with E-state index in [0.29, 0.717) is 13.1 Å². The van der Waals surface area contributed by atoms with Crippen molar-refractivity contribution in [2.75, 3.05) is 4.90 Å². The molecular formula is C20H18F2N2. The monoisotopic (exact) mass is 324 g/mol. The van der Waals surface area contributed by atoms with E-state index < -0.39 is 0 Å². The molecular weight excluding hydrogens is 306 g/mol. The average Bonchev–Trinajstić information content (AvgIpc) is 2.59. The van der Waals surface area contributed by atoms with Gasteiger partial charge in [-0.25, -0.2) is 13.8 Å². The Labute approximate surface area is 140 Å². The van der Waals surface area contributed by atoms with E-state index in [1.807, 2.05) is 19.1 Å². The molecule has 4 heteroatoms. The van der Waals surface area contributed by atoms with Gasteiger partial charge in [-0.2, -0.15) is 0 Å². The van der Waals surface area contributed by atoms with Crippen LogP contribution >= 0.6 is 0 Å². The average molecular weight is 324 g/mol. The molecule has 0 amide bonds. The Morgan fingerprint density at radius 1 is 0.792 bits per heavy atom. The lowest BCUT2D eigenvalue weighted by Crippen LogP contribution is -2.24. The van der Waals surface area contributed by atoms with E-state index in [-0.39, 0.29) is 11.6 Å². The summed E-state index contributed by atoms with van der Waals surface area (Å²) in [5, 5.41) is 0.